The Kier molecular flexibility index (Phi) is 6.03. The Morgan fingerprint density at radius 1 is 0.857 bits per heavy atom. The summed E-state index contributed by atoms with van der Waals surface area (Å²) in [5.74, 6) is -0.901. The van der Waals surface area contributed by atoms with Gasteiger partial charge in [0.15, 0.2) is 0 Å². The number of carbonyl (C=O) groups is 1. The smallest absolute Gasteiger partial charge is 0.310 e. The average molecular weight is 473 g/mol. The van der Waals surface area contributed by atoms with Crippen LogP contribution in [-0.4, -0.2) is 11.1 Å². The second-order valence-electron chi connectivity index (χ2n) is 12.7. The Hall–Kier alpha value is -2.33. The van der Waals surface area contributed by atoms with E-state index in [0.29, 0.717) is 29.4 Å². The predicted octanol–water partition coefficient (Wildman–Crippen LogP) is 7.74. The molecule has 0 amide bonds. The molecular formula is C31H40N2O2. The topological polar surface area (TPSA) is 84.9 Å². The summed E-state index contributed by atoms with van der Waals surface area (Å²) in [4.78, 5) is 12.7. The van der Waals surface area contributed by atoms with Crippen molar-refractivity contribution in [1.29, 1.82) is 10.5 Å². The zero-order valence-electron chi connectivity index (χ0n) is 21.6. The van der Waals surface area contributed by atoms with E-state index in [1.54, 1.807) is 0 Å². The summed E-state index contributed by atoms with van der Waals surface area (Å²) in [5, 5.41) is 31.1. The molecule has 186 valence electrons. The molecule has 6 saturated carbocycles. The Labute approximate surface area is 210 Å². The van der Waals surface area contributed by atoms with E-state index in [1.807, 2.05) is 0 Å². The maximum absolute atomic E-state index is 12.7. The molecule has 0 saturated heterocycles. The van der Waals surface area contributed by atoms with Gasteiger partial charge in [0.05, 0.1) is 16.5 Å². The number of benzene rings is 1. The van der Waals surface area contributed by atoms with Crippen molar-refractivity contribution in [2.24, 2.45) is 16.2 Å². The normalized spacial score (nSPS) is 37.5. The van der Waals surface area contributed by atoms with E-state index >= 15 is 0 Å². The molecule has 6 aliphatic carbocycles. The maximum Gasteiger partial charge on any atom is 0.310 e. The summed E-state index contributed by atoms with van der Waals surface area (Å²) in [6.07, 6.45) is 15.9. The third-order valence-electron chi connectivity index (χ3n) is 11.3. The number of carboxylic acid groups (broad SMARTS) is 1. The number of carboxylic acids is 1. The van der Waals surface area contributed by atoms with E-state index in [1.165, 1.54) is 32.1 Å². The van der Waals surface area contributed by atoms with Crippen molar-refractivity contribution in [3.8, 4) is 12.1 Å². The Bertz CT molecular complexity index is 1070. The maximum atomic E-state index is 12.7. The van der Waals surface area contributed by atoms with Gasteiger partial charge in [-0.25, -0.2) is 0 Å². The molecule has 0 spiro atoms. The number of hydrogen-bond donors (Lipinski definition) is 1. The third kappa shape index (κ3) is 3.55. The molecule has 35 heavy (non-hydrogen) atoms. The van der Waals surface area contributed by atoms with Crippen LogP contribution in [0.25, 0.3) is 0 Å². The number of aliphatic carboxylic acids is 1. The van der Waals surface area contributed by atoms with Gasteiger partial charge in [-0.1, -0.05) is 38.8 Å². The summed E-state index contributed by atoms with van der Waals surface area (Å²) in [5.41, 5.74) is 2.79. The first-order valence-electron chi connectivity index (χ1n) is 14.0. The van der Waals surface area contributed by atoms with Crippen LogP contribution in [0.5, 0.6) is 0 Å². The predicted molar refractivity (Wildman–Crippen MR) is 136 cm³/mol. The first-order chi connectivity index (χ1) is 16.8. The van der Waals surface area contributed by atoms with Gasteiger partial charge >= 0.3 is 5.97 Å². The van der Waals surface area contributed by atoms with Crippen LogP contribution in [-0.2, 0) is 10.2 Å². The molecule has 6 aliphatic rings. The number of fused-ring (bicyclic) bond motifs is 6. The quantitative estimate of drug-likeness (QED) is 0.440. The first kappa shape index (κ1) is 24.4. The van der Waals surface area contributed by atoms with Gasteiger partial charge in [0.1, 0.15) is 12.1 Å². The molecule has 1 unspecified atom stereocenters. The molecule has 4 bridgehead atoms. The summed E-state index contributed by atoms with van der Waals surface area (Å²) >= 11 is 0. The second-order valence-corrected chi connectivity index (χ2v) is 12.7. The van der Waals surface area contributed by atoms with Gasteiger partial charge in [-0.2, -0.15) is 10.5 Å². The summed E-state index contributed by atoms with van der Waals surface area (Å²) < 4.78 is 0. The number of hydrogen-bond acceptors (Lipinski definition) is 3. The van der Waals surface area contributed by atoms with Crippen molar-refractivity contribution in [1.82, 2.24) is 0 Å². The van der Waals surface area contributed by atoms with Crippen LogP contribution in [0.3, 0.4) is 0 Å². The first-order valence-corrected chi connectivity index (χ1v) is 14.0. The zero-order valence-corrected chi connectivity index (χ0v) is 21.6. The highest BCUT2D eigenvalue weighted by Crippen LogP contribution is 2.65. The molecule has 1 N–H and O–H groups in total. The SMILES string of the molecule is CCCC12CCC(c3ccc(C4CC5(CCC)CCC4(C(=O)O)CC5)c(C#N)c3C#N)(CC1)CC2. The second kappa shape index (κ2) is 8.65. The summed E-state index contributed by atoms with van der Waals surface area (Å²) in [6, 6.07) is 9.08. The molecular weight excluding hydrogens is 432 g/mol. The fourth-order valence-corrected chi connectivity index (χ4v) is 9.22. The van der Waals surface area contributed by atoms with E-state index in [9.17, 15) is 20.4 Å². The van der Waals surface area contributed by atoms with Gasteiger partial charge in [-0.3, -0.25) is 4.79 Å². The lowest BCUT2D eigenvalue weighted by atomic mass is 9.46. The zero-order chi connectivity index (χ0) is 24.9. The molecule has 0 heterocycles. The Balaban J connectivity index is 1.57. The number of nitriles is 2. The van der Waals surface area contributed by atoms with Crippen molar-refractivity contribution in [3.63, 3.8) is 0 Å². The molecule has 4 heteroatoms. The van der Waals surface area contributed by atoms with Crippen LogP contribution < -0.4 is 0 Å². The van der Waals surface area contributed by atoms with Gasteiger partial charge in [0, 0.05) is 5.92 Å². The largest absolute Gasteiger partial charge is 0.481 e. The van der Waals surface area contributed by atoms with Crippen molar-refractivity contribution in [2.45, 2.75) is 121 Å². The van der Waals surface area contributed by atoms with Crippen molar-refractivity contribution in [2.75, 3.05) is 0 Å². The van der Waals surface area contributed by atoms with Gasteiger partial charge in [0.2, 0.25) is 0 Å². The molecule has 6 fully saturated rings. The Morgan fingerprint density at radius 3 is 1.91 bits per heavy atom. The third-order valence-corrected chi connectivity index (χ3v) is 11.3. The van der Waals surface area contributed by atoms with E-state index < -0.39 is 11.4 Å². The van der Waals surface area contributed by atoms with Crippen LogP contribution in [0.4, 0.5) is 0 Å². The average Bonchev–Trinajstić information content (AvgIpc) is 2.89. The highest BCUT2D eigenvalue weighted by Gasteiger charge is 2.59. The van der Waals surface area contributed by atoms with Crippen LogP contribution in [0.15, 0.2) is 12.1 Å². The standard InChI is InChI=1S/C31H40N2O2/c1-3-7-28-9-14-30(15-10-28,16-11-28)25-6-5-22(23(20-32)24(25)21-33)26-19-29(8-4-2)12-17-31(26,18-13-29)27(34)35/h5-6,26H,3-4,7-19H2,1-2H3,(H,34,35). The lowest BCUT2D eigenvalue weighted by Crippen LogP contribution is -2.51. The lowest BCUT2D eigenvalue weighted by Gasteiger charge is -2.56. The fraction of sp³-hybridized carbons (Fsp3) is 0.710. The fourth-order valence-electron chi connectivity index (χ4n) is 9.22. The molecule has 0 radical (unpaired) electrons. The highest BCUT2D eigenvalue weighted by molar-refractivity contribution is 5.77. The molecule has 1 aromatic carbocycles. The lowest BCUT2D eigenvalue weighted by molar-refractivity contribution is -0.162. The number of rotatable bonds is 7. The minimum absolute atomic E-state index is 0.00414. The minimum atomic E-state index is -0.803. The molecule has 1 atom stereocenters. The van der Waals surface area contributed by atoms with Crippen molar-refractivity contribution in [3.05, 3.63) is 34.4 Å². The monoisotopic (exact) mass is 472 g/mol. The highest BCUT2D eigenvalue weighted by atomic mass is 16.4. The molecule has 7 rings (SSSR count). The number of nitrogens with zero attached hydrogens (tertiary/aromatic N) is 2. The van der Waals surface area contributed by atoms with E-state index in [4.69, 9.17) is 0 Å². The Morgan fingerprint density at radius 2 is 1.40 bits per heavy atom. The van der Waals surface area contributed by atoms with Crippen LogP contribution >= 0.6 is 0 Å². The molecule has 1 aromatic rings. The van der Waals surface area contributed by atoms with Crippen molar-refractivity contribution < 1.29 is 9.90 Å². The summed E-state index contributed by atoms with van der Waals surface area (Å²) in [6.45, 7) is 4.49. The van der Waals surface area contributed by atoms with Gasteiger partial charge < -0.3 is 5.11 Å². The van der Waals surface area contributed by atoms with Gasteiger partial charge in [0.25, 0.3) is 0 Å². The van der Waals surface area contributed by atoms with Crippen molar-refractivity contribution >= 4 is 5.97 Å². The van der Waals surface area contributed by atoms with Gasteiger partial charge in [-0.15, -0.1) is 0 Å². The van der Waals surface area contributed by atoms with Crippen LogP contribution in [0, 0.1) is 38.9 Å². The van der Waals surface area contributed by atoms with Crippen LogP contribution in [0.2, 0.25) is 0 Å². The van der Waals surface area contributed by atoms with E-state index in [-0.39, 0.29) is 16.7 Å². The van der Waals surface area contributed by atoms with Crippen LogP contribution in [0.1, 0.15) is 138 Å². The molecule has 4 nitrogen and oxygen atoms in total. The summed E-state index contributed by atoms with van der Waals surface area (Å²) in [7, 11) is 0. The minimum Gasteiger partial charge on any atom is -0.481 e. The van der Waals surface area contributed by atoms with Gasteiger partial charge in [-0.05, 0) is 111 Å². The molecule has 0 aliphatic heterocycles. The van der Waals surface area contributed by atoms with E-state index in [0.717, 1.165) is 62.5 Å². The molecule has 0 aromatic heterocycles. The van der Waals surface area contributed by atoms with E-state index in [2.05, 4.69) is 38.1 Å².